The first-order valence-electron chi connectivity index (χ1n) is 15.2. The number of amides is 4. The van der Waals surface area contributed by atoms with Crippen molar-refractivity contribution < 1.29 is 32.7 Å². The maximum atomic E-state index is 13.0. The number of fused-ring (bicyclic) bond motifs is 1. The minimum absolute atomic E-state index is 0.0447. The van der Waals surface area contributed by atoms with Crippen LogP contribution in [0.1, 0.15) is 71.2 Å². The van der Waals surface area contributed by atoms with Gasteiger partial charge in [0.1, 0.15) is 5.69 Å². The summed E-state index contributed by atoms with van der Waals surface area (Å²) in [6.45, 7) is 5.95. The van der Waals surface area contributed by atoms with E-state index in [0.29, 0.717) is 23.3 Å². The number of pyridine rings is 1. The molecular weight excluding hydrogens is 633 g/mol. The Hall–Kier alpha value is -4.40. The van der Waals surface area contributed by atoms with Crippen molar-refractivity contribution >= 4 is 50.8 Å². The number of nitrogens with zero attached hydrogens (tertiary/aromatic N) is 4. The summed E-state index contributed by atoms with van der Waals surface area (Å²) in [7, 11) is 0. The minimum atomic E-state index is -4.61. The van der Waals surface area contributed by atoms with Gasteiger partial charge in [0, 0.05) is 48.6 Å². The van der Waals surface area contributed by atoms with Gasteiger partial charge in [0.15, 0.2) is 0 Å². The average molecular weight is 667 g/mol. The molecule has 2 aromatic heterocycles. The molecule has 4 aromatic rings. The van der Waals surface area contributed by atoms with Crippen molar-refractivity contribution in [3.8, 4) is 0 Å². The molecule has 0 radical (unpaired) electrons. The van der Waals surface area contributed by atoms with Gasteiger partial charge < -0.3 is 10.4 Å². The first-order chi connectivity index (χ1) is 22.2. The highest BCUT2D eigenvalue weighted by Gasteiger charge is 2.33. The van der Waals surface area contributed by atoms with Gasteiger partial charge in [-0.05, 0) is 81.7 Å². The maximum Gasteiger partial charge on any atom is 0.433 e. The Morgan fingerprint density at radius 2 is 1.85 bits per heavy atom. The van der Waals surface area contributed by atoms with E-state index in [9.17, 15) is 32.7 Å². The van der Waals surface area contributed by atoms with Crippen molar-refractivity contribution in [2.45, 2.75) is 57.3 Å². The van der Waals surface area contributed by atoms with E-state index < -0.39 is 29.4 Å². The normalized spacial score (nSPS) is 16.9. The average Bonchev–Trinajstić information content (AvgIpc) is 3.43. The summed E-state index contributed by atoms with van der Waals surface area (Å²) in [5.41, 5.74) is 0.831. The lowest BCUT2D eigenvalue weighted by molar-refractivity contribution is -0.141. The molecule has 0 unspecified atom stereocenters. The standard InChI is InChI=1S/C33H33F3N6O4S/c1-32(2,46)23-15-25-26(16-24(23)38-29(44)21-6-7-27(37-17-21)33(34,35)36)47-30(39-25)20-8-11-41(12-9-20)18-19-4-3-5-22(14-19)42-13-10-28(43)40-31(42)45/h3-7,14-17,20,46H,8-13,18H2,1-2H3,(H,38,44)(H,40,43,45). The van der Waals surface area contributed by atoms with Crippen LogP contribution in [0.3, 0.4) is 0 Å². The molecule has 4 amide bonds. The molecule has 0 atom stereocenters. The molecule has 2 saturated heterocycles. The Morgan fingerprint density at radius 3 is 2.51 bits per heavy atom. The number of imide groups is 1. The maximum absolute atomic E-state index is 13.0. The largest absolute Gasteiger partial charge is 0.433 e. The van der Waals surface area contributed by atoms with Crippen molar-refractivity contribution in [1.82, 2.24) is 20.2 Å². The first-order valence-corrected chi connectivity index (χ1v) is 16.0. The van der Waals surface area contributed by atoms with Crippen LogP contribution in [0.25, 0.3) is 10.2 Å². The van der Waals surface area contributed by atoms with Gasteiger partial charge in [-0.3, -0.25) is 29.7 Å². The van der Waals surface area contributed by atoms with Crippen LogP contribution in [0.2, 0.25) is 0 Å². The number of aromatic nitrogens is 2. The van der Waals surface area contributed by atoms with Gasteiger partial charge in [-0.25, -0.2) is 9.78 Å². The second-order valence-corrected chi connectivity index (χ2v) is 13.4. The SMILES string of the molecule is CC(C)(O)c1cc2nc(C3CCN(Cc4cccc(N5CCC(=O)NC5=O)c4)CC3)sc2cc1NC(=O)c1ccc(C(F)(F)F)nc1. The number of carbonyl (C=O) groups is 3. The third kappa shape index (κ3) is 7.29. The van der Waals surface area contributed by atoms with Crippen LogP contribution < -0.4 is 15.5 Å². The second kappa shape index (κ2) is 12.7. The number of benzene rings is 2. The van der Waals surface area contributed by atoms with Crippen molar-refractivity contribution in [3.05, 3.63) is 82.1 Å². The van der Waals surface area contributed by atoms with Gasteiger partial charge in [-0.1, -0.05) is 12.1 Å². The van der Waals surface area contributed by atoms with E-state index in [2.05, 4.69) is 20.5 Å². The lowest BCUT2D eigenvalue weighted by atomic mass is 9.95. The fourth-order valence-corrected chi connectivity index (χ4v) is 7.05. The van der Waals surface area contributed by atoms with Crippen LogP contribution in [-0.4, -0.2) is 57.5 Å². The quantitative estimate of drug-likeness (QED) is 0.220. The van der Waals surface area contributed by atoms with Crippen LogP contribution >= 0.6 is 11.3 Å². The molecule has 2 aliphatic heterocycles. The summed E-state index contributed by atoms with van der Waals surface area (Å²) in [5.74, 6) is -0.683. The van der Waals surface area contributed by atoms with E-state index in [-0.39, 0.29) is 23.8 Å². The van der Waals surface area contributed by atoms with Crippen molar-refractivity contribution in [3.63, 3.8) is 0 Å². The summed E-state index contributed by atoms with van der Waals surface area (Å²) >= 11 is 1.52. The van der Waals surface area contributed by atoms with Gasteiger partial charge in [0.2, 0.25) is 5.91 Å². The molecule has 0 spiro atoms. The van der Waals surface area contributed by atoms with E-state index in [4.69, 9.17) is 4.98 Å². The van der Waals surface area contributed by atoms with Gasteiger partial charge in [-0.15, -0.1) is 11.3 Å². The third-order valence-corrected chi connectivity index (χ3v) is 9.57. The Balaban J connectivity index is 1.13. The number of alkyl halides is 3. The number of halogens is 3. The predicted octanol–water partition coefficient (Wildman–Crippen LogP) is 6.02. The van der Waals surface area contributed by atoms with E-state index >= 15 is 0 Å². The molecule has 0 aliphatic carbocycles. The van der Waals surface area contributed by atoms with E-state index in [0.717, 1.165) is 71.8 Å². The topological polar surface area (TPSA) is 128 Å². The number of hydrogen-bond donors (Lipinski definition) is 3. The van der Waals surface area contributed by atoms with Crippen molar-refractivity contribution in [2.24, 2.45) is 0 Å². The minimum Gasteiger partial charge on any atom is -0.386 e. The zero-order chi connectivity index (χ0) is 33.5. The molecule has 246 valence electrons. The van der Waals surface area contributed by atoms with Crippen molar-refractivity contribution in [1.29, 1.82) is 0 Å². The molecule has 2 aliphatic rings. The number of carbonyl (C=O) groups excluding carboxylic acids is 3. The number of urea groups is 1. The molecule has 14 heteroatoms. The molecule has 6 rings (SSSR count). The highest BCUT2D eigenvalue weighted by molar-refractivity contribution is 7.18. The summed E-state index contributed by atoms with van der Waals surface area (Å²) in [5, 5.41) is 17.0. The molecule has 47 heavy (non-hydrogen) atoms. The molecule has 2 fully saturated rings. The number of nitrogens with one attached hydrogen (secondary N) is 2. The third-order valence-electron chi connectivity index (χ3n) is 8.39. The van der Waals surface area contributed by atoms with E-state index in [1.54, 1.807) is 30.9 Å². The van der Waals surface area contributed by atoms with Crippen LogP contribution in [0.5, 0.6) is 0 Å². The summed E-state index contributed by atoms with van der Waals surface area (Å²) in [6, 6.07) is 12.7. The summed E-state index contributed by atoms with van der Waals surface area (Å²) in [4.78, 5) is 49.0. The van der Waals surface area contributed by atoms with E-state index in [1.165, 1.54) is 11.3 Å². The van der Waals surface area contributed by atoms with Crippen LogP contribution in [0.15, 0.2) is 54.7 Å². The van der Waals surface area contributed by atoms with Crippen LogP contribution in [0.4, 0.5) is 29.3 Å². The fourth-order valence-electron chi connectivity index (χ4n) is 5.90. The number of piperidine rings is 1. The lowest BCUT2D eigenvalue weighted by Gasteiger charge is -2.31. The van der Waals surface area contributed by atoms with Gasteiger partial charge >= 0.3 is 12.2 Å². The van der Waals surface area contributed by atoms with Gasteiger partial charge in [0.25, 0.3) is 5.91 Å². The fraction of sp³-hybridized carbons (Fsp3) is 0.364. The van der Waals surface area contributed by atoms with E-state index in [1.807, 2.05) is 24.3 Å². The Morgan fingerprint density at radius 1 is 1.09 bits per heavy atom. The number of anilines is 2. The summed E-state index contributed by atoms with van der Waals surface area (Å²) < 4.78 is 39.6. The number of thiazole rings is 1. The van der Waals surface area contributed by atoms with Crippen molar-refractivity contribution in [2.75, 3.05) is 29.9 Å². The number of hydrogen-bond acceptors (Lipinski definition) is 8. The second-order valence-electron chi connectivity index (χ2n) is 12.3. The summed E-state index contributed by atoms with van der Waals surface area (Å²) in [6.07, 6.45) is -1.69. The van der Waals surface area contributed by atoms with Crippen LogP contribution in [-0.2, 0) is 23.1 Å². The van der Waals surface area contributed by atoms with Gasteiger partial charge in [0.05, 0.1) is 26.4 Å². The number of likely N-dealkylation sites (tertiary alicyclic amines) is 1. The molecular formula is C33H33F3N6O4S. The molecule has 3 N–H and O–H groups in total. The zero-order valence-electron chi connectivity index (χ0n) is 25.7. The Bertz CT molecular complexity index is 1830. The molecule has 0 bridgehead atoms. The predicted molar refractivity (Wildman–Crippen MR) is 171 cm³/mol. The number of rotatable bonds is 7. The molecule has 4 heterocycles. The van der Waals surface area contributed by atoms with Crippen LogP contribution in [0, 0.1) is 0 Å². The molecule has 10 nitrogen and oxygen atoms in total. The highest BCUT2D eigenvalue weighted by Crippen LogP contribution is 2.39. The Labute approximate surface area is 272 Å². The smallest absolute Gasteiger partial charge is 0.386 e. The monoisotopic (exact) mass is 666 g/mol. The number of aliphatic hydroxyl groups is 1. The Kier molecular flexibility index (Phi) is 8.76. The highest BCUT2D eigenvalue weighted by atomic mass is 32.1. The van der Waals surface area contributed by atoms with Gasteiger partial charge in [-0.2, -0.15) is 13.2 Å². The molecule has 2 aromatic carbocycles. The zero-order valence-corrected chi connectivity index (χ0v) is 26.5. The lowest BCUT2D eigenvalue weighted by Crippen LogP contribution is -2.49. The first kappa shape index (κ1) is 32.5. The molecule has 0 saturated carbocycles.